The van der Waals surface area contributed by atoms with E-state index in [0.29, 0.717) is 11.5 Å². The van der Waals surface area contributed by atoms with Crippen molar-refractivity contribution >= 4 is 28.1 Å². The Labute approximate surface area is 171 Å². The summed E-state index contributed by atoms with van der Waals surface area (Å²) in [6.45, 7) is 0.203. The molecule has 6 heteroatoms. The molecular weight excluding hydrogens is 420 g/mol. The minimum atomic E-state index is -0.445. The van der Waals surface area contributed by atoms with Crippen LogP contribution in [0.1, 0.15) is 22.6 Å². The van der Waals surface area contributed by atoms with Crippen LogP contribution in [0.5, 0.6) is 11.5 Å². The van der Waals surface area contributed by atoms with Gasteiger partial charge in [0.15, 0.2) is 11.5 Å². The number of hydrazone groups is 1. The molecule has 0 saturated heterocycles. The highest BCUT2D eigenvalue weighted by atomic mass is 79.9. The van der Waals surface area contributed by atoms with Crippen LogP contribution in [-0.4, -0.2) is 18.9 Å². The molecule has 5 nitrogen and oxygen atoms in total. The van der Waals surface area contributed by atoms with Gasteiger partial charge >= 0.3 is 0 Å². The number of ether oxygens (including phenoxy) is 2. The quantitative estimate of drug-likeness (QED) is 0.474. The Morgan fingerprint density at radius 1 is 0.964 bits per heavy atom. The summed E-state index contributed by atoms with van der Waals surface area (Å²) in [4.78, 5) is 12.9. The predicted octanol–water partition coefficient (Wildman–Crippen LogP) is 4.46. The molecule has 4 rings (SSSR count). The van der Waals surface area contributed by atoms with Crippen LogP contribution in [0.3, 0.4) is 0 Å². The molecule has 3 aromatic rings. The van der Waals surface area contributed by atoms with Crippen LogP contribution in [0, 0.1) is 0 Å². The maximum Gasteiger partial charge on any atom is 0.252 e. The molecule has 0 unspecified atom stereocenters. The molecule has 0 spiro atoms. The average Bonchev–Trinajstić information content (AvgIpc) is 3.17. The van der Waals surface area contributed by atoms with E-state index < -0.39 is 5.92 Å². The lowest BCUT2D eigenvalue weighted by atomic mass is 9.91. The van der Waals surface area contributed by atoms with E-state index in [0.717, 1.165) is 21.2 Å². The van der Waals surface area contributed by atoms with Gasteiger partial charge in [0.05, 0.1) is 12.1 Å². The largest absolute Gasteiger partial charge is 0.454 e. The Bertz CT molecular complexity index is 968. The van der Waals surface area contributed by atoms with E-state index in [9.17, 15) is 4.79 Å². The van der Waals surface area contributed by atoms with E-state index in [1.165, 1.54) is 0 Å². The summed E-state index contributed by atoms with van der Waals surface area (Å²) < 4.78 is 11.5. The van der Waals surface area contributed by atoms with Crippen molar-refractivity contribution in [3.63, 3.8) is 0 Å². The number of nitrogens with one attached hydrogen (secondary N) is 1. The van der Waals surface area contributed by atoms with Crippen molar-refractivity contribution in [1.29, 1.82) is 0 Å². The third-order valence-electron chi connectivity index (χ3n) is 4.40. The molecule has 1 amide bonds. The third kappa shape index (κ3) is 3.92. The second kappa shape index (κ2) is 8.27. The van der Waals surface area contributed by atoms with Gasteiger partial charge in [-0.2, -0.15) is 5.10 Å². The molecule has 0 bridgehead atoms. The molecule has 0 aromatic heterocycles. The summed E-state index contributed by atoms with van der Waals surface area (Å²) in [7, 11) is 0. The van der Waals surface area contributed by atoms with E-state index in [1.54, 1.807) is 6.21 Å². The summed E-state index contributed by atoms with van der Waals surface area (Å²) in [6.07, 6.45) is 1.58. The predicted molar refractivity (Wildman–Crippen MR) is 111 cm³/mol. The van der Waals surface area contributed by atoms with Crippen LogP contribution in [0.15, 0.2) is 82.4 Å². The highest BCUT2D eigenvalue weighted by Gasteiger charge is 2.22. The lowest BCUT2D eigenvalue weighted by Gasteiger charge is -2.16. The maximum atomic E-state index is 12.9. The summed E-state index contributed by atoms with van der Waals surface area (Å²) in [5.74, 6) is 0.689. The summed E-state index contributed by atoms with van der Waals surface area (Å²) in [5.41, 5.74) is 5.26. The van der Waals surface area contributed by atoms with E-state index in [2.05, 4.69) is 26.5 Å². The van der Waals surface area contributed by atoms with Gasteiger partial charge in [-0.3, -0.25) is 4.79 Å². The topological polar surface area (TPSA) is 59.9 Å². The molecule has 0 atom stereocenters. The first-order valence-corrected chi connectivity index (χ1v) is 9.53. The molecule has 0 saturated carbocycles. The smallest absolute Gasteiger partial charge is 0.252 e. The zero-order valence-corrected chi connectivity index (χ0v) is 16.4. The first kappa shape index (κ1) is 18.3. The van der Waals surface area contributed by atoms with Gasteiger partial charge in [-0.05, 0) is 39.2 Å². The molecule has 28 heavy (non-hydrogen) atoms. The Hall–Kier alpha value is -3.12. The van der Waals surface area contributed by atoms with Gasteiger partial charge in [0.25, 0.3) is 5.91 Å². The molecule has 0 fully saturated rings. The van der Waals surface area contributed by atoms with Crippen LogP contribution >= 0.6 is 15.9 Å². The monoisotopic (exact) mass is 436 g/mol. The first-order valence-electron chi connectivity index (χ1n) is 8.74. The number of carbonyl (C=O) groups is 1. The van der Waals surface area contributed by atoms with Gasteiger partial charge in [-0.25, -0.2) is 5.43 Å². The average molecular weight is 437 g/mol. The van der Waals surface area contributed by atoms with E-state index in [-0.39, 0.29) is 12.7 Å². The van der Waals surface area contributed by atoms with E-state index in [4.69, 9.17) is 9.47 Å². The fourth-order valence-corrected chi connectivity index (χ4v) is 3.47. The summed E-state index contributed by atoms with van der Waals surface area (Å²) >= 11 is 3.48. The van der Waals surface area contributed by atoms with Crippen molar-refractivity contribution in [2.45, 2.75) is 5.92 Å². The maximum absolute atomic E-state index is 12.9. The van der Waals surface area contributed by atoms with Crippen molar-refractivity contribution in [2.75, 3.05) is 6.79 Å². The number of fused-ring (bicyclic) bond motifs is 1. The van der Waals surface area contributed by atoms with Crippen LogP contribution in [0.4, 0.5) is 0 Å². The van der Waals surface area contributed by atoms with Gasteiger partial charge in [-0.1, -0.05) is 60.7 Å². The number of nitrogens with zero attached hydrogens (tertiary/aromatic N) is 1. The molecule has 1 aliphatic heterocycles. The van der Waals surface area contributed by atoms with Gasteiger partial charge in [0.2, 0.25) is 6.79 Å². The summed E-state index contributed by atoms with van der Waals surface area (Å²) in [5, 5.41) is 4.15. The molecule has 1 N–H and O–H groups in total. The Morgan fingerprint density at radius 2 is 1.54 bits per heavy atom. The summed E-state index contributed by atoms with van der Waals surface area (Å²) in [6, 6.07) is 22.9. The molecule has 1 heterocycles. The minimum Gasteiger partial charge on any atom is -0.454 e. The standard InChI is InChI=1S/C22H17BrN2O3/c23-18-12-20-19(27-14-28-20)11-17(18)13-24-25-22(26)21(15-7-3-1-4-8-15)16-9-5-2-6-10-16/h1-13,21H,14H2,(H,25,26)/b24-13+. The fourth-order valence-electron chi connectivity index (χ4n) is 3.05. The Morgan fingerprint density at radius 3 is 2.14 bits per heavy atom. The number of hydrogen-bond acceptors (Lipinski definition) is 4. The Kier molecular flexibility index (Phi) is 5.39. The molecule has 0 aliphatic carbocycles. The zero-order chi connectivity index (χ0) is 19.3. The Balaban J connectivity index is 1.55. The van der Waals surface area contributed by atoms with Gasteiger partial charge in [0, 0.05) is 10.0 Å². The van der Waals surface area contributed by atoms with Crippen LogP contribution in [0.25, 0.3) is 0 Å². The van der Waals surface area contributed by atoms with Crippen molar-refractivity contribution in [1.82, 2.24) is 5.43 Å². The van der Waals surface area contributed by atoms with Crippen LogP contribution < -0.4 is 14.9 Å². The van der Waals surface area contributed by atoms with Crippen LogP contribution in [0.2, 0.25) is 0 Å². The van der Waals surface area contributed by atoms with Crippen LogP contribution in [-0.2, 0) is 4.79 Å². The van der Waals surface area contributed by atoms with Gasteiger partial charge in [0.1, 0.15) is 0 Å². The van der Waals surface area contributed by atoms with Gasteiger partial charge in [-0.15, -0.1) is 0 Å². The van der Waals surface area contributed by atoms with E-state index >= 15 is 0 Å². The number of amides is 1. The van der Waals surface area contributed by atoms with Gasteiger partial charge < -0.3 is 9.47 Å². The highest BCUT2D eigenvalue weighted by molar-refractivity contribution is 9.10. The van der Waals surface area contributed by atoms with Crippen molar-refractivity contribution in [3.05, 3.63) is 94.0 Å². The van der Waals surface area contributed by atoms with Crippen molar-refractivity contribution < 1.29 is 14.3 Å². The van der Waals surface area contributed by atoms with Crippen molar-refractivity contribution in [3.8, 4) is 11.5 Å². The third-order valence-corrected chi connectivity index (χ3v) is 5.09. The number of hydrogen-bond donors (Lipinski definition) is 1. The lowest BCUT2D eigenvalue weighted by molar-refractivity contribution is -0.121. The number of benzene rings is 3. The normalized spacial score (nSPS) is 12.5. The fraction of sp³-hybridized carbons (Fsp3) is 0.0909. The number of rotatable bonds is 5. The minimum absolute atomic E-state index is 0.203. The molecule has 3 aromatic carbocycles. The zero-order valence-electron chi connectivity index (χ0n) is 14.8. The second-order valence-electron chi connectivity index (χ2n) is 6.22. The number of halogens is 1. The SMILES string of the molecule is O=C(N/N=C/c1cc2c(cc1Br)OCO2)C(c1ccccc1)c1ccccc1. The number of carbonyl (C=O) groups excluding carboxylic acids is 1. The van der Waals surface area contributed by atoms with Crippen molar-refractivity contribution in [2.24, 2.45) is 5.10 Å². The lowest BCUT2D eigenvalue weighted by Crippen LogP contribution is -2.26. The van der Waals surface area contributed by atoms with E-state index in [1.807, 2.05) is 72.8 Å². The molecule has 1 aliphatic rings. The molecular formula is C22H17BrN2O3. The highest BCUT2D eigenvalue weighted by Crippen LogP contribution is 2.36. The second-order valence-corrected chi connectivity index (χ2v) is 7.07. The first-order chi connectivity index (χ1) is 13.7. The molecule has 140 valence electrons. The molecule has 0 radical (unpaired) electrons.